The fraction of sp³-hybridized carbons (Fsp3) is 0.0870. The van der Waals surface area contributed by atoms with Crippen LogP contribution in [0.25, 0.3) is 22.0 Å². The summed E-state index contributed by atoms with van der Waals surface area (Å²) in [5.74, 6) is -1.87. The van der Waals surface area contributed by atoms with Gasteiger partial charge in [-0.25, -0.2) is 14.4 Å². The molecule has 1 aromatic heterocycles. The summed E-state index contributed by atoms with van der Waals surface area (Å²) >= 11 is 0. The van der Waals surface area contributed by atoms with E-state index in [9.17, 15) is 22.4 Å². The van der Waals surface area contributed by atoms with Crippen molar-refractivity contribution in [3.8, 4) is 11.1 Å². The van der Waals surface area contributed by atoms with Crippen LogP contribution in [0, 0.1) is 12.7 Å². The molecule has 0 aliphatic rings. The molecule has 162 valence electrons. The summed E-state index contributed by atoms with van der Waals surface area (Å²) in [5.41, 5.74) is 7.35. The molecule has 4 aromatic rings. The van der Waals surface area contributed by atoms with E-state index >= 15 is 0 Å². The highest BCUT2D eigenvalue weighted by Gasteiger charge is 2.34. The number of nitrogens with two attached hydrogens (primary N) is 1. The van der Waals surface area contributed by atoms with Crippen LogP contribution < -0.4 is 11.1 Å². The van der Waals surface area contributed by atoms with Gasteiger partial charge >= 0.3 is 6.18 Å². The van der Waals surface area contributed by atoms with Crippen LogP contribution in [-0.2, 0) is 6.18 Å². The van der Waals surface area contributed by atoms with E-state index in [-0.39, 0.29) is 17.2 Å². The number of hydrogen-bond donors (Lipinski definition) is 2. The summed E-state index contributed by atoms with van der Waals surface area (Å²) in [7, 11) is 0. The number of benzene rings is 3. The molecule has 1 amide bonds. The molecule has 0 aliphatic carbocycles. The van der Waals surface area contributed by atoms with E-state index in [2.05, 4.69) is 15.3 Å². The second-order valence-electron chi connectivity index (χ2n) is 7.18. The number of hydrogen-bond acceptors (Lipinski definition) is 4. The highest BCUT2D eigenvalue weighted by Crippen LogP contribution is 2.33. The highest BCUT2D eigenvalue weighted by atomic mass is 19.4. The lowest BCUT2D eigenvalue weighted by molar-refractivity contribution is -0.139. The van der Waals surface area contributed by atoms with Gasteiger partial charge in [0.05, 0.1) is 11.1 Å². The van der Waals surface area contributed by atoms with Gasteiger partial charge in [0.15, 0.2) is 0 Å². The predicted molar refractivity (Wildman–Crippen MR) is 113 cm³/mol. The monoisotopic (exact) mass is 440 g/mol. The van der Waals surface area contributed by atoms with Gasteiger partial charge in [-0.3, -0.25) is 4.79 Å². The van der Waals surface area contributed by atoms with Crippen molar-refractivity contribution >= 4 is 28.4 Å². The van der Waals surface area contributed by atoms with Gasteiger partial charge in [0.1, 0.15) is 5.82 Å². The van der Waals surface area contributed by atoms with Crippen LogP contribution >= 0.6 is 0 Å². The average molecular weight is 440 g/mol. The van der Waals surface area contributed by atoms with Gasteiger partial charge in [0.2, 0.25) is 5.95 Å². The van der Waals surface area contributed by atoms with Gasteiger partial charge in [-0.2, -0.15) is 13.2 Å². The first-order chi connectivity index (χ1) is 15.1. The number of carbonyl (C=O) groups is 1. The number of carbonyl (C=O) groups excluding carboxylic acids is 1. The number of aromatic nitrogens is 2. The number of anilines is 2. The third-order valence-electron chi connectivity index (χ3n) is 4.94. The van der Waals surface area contributed by atoms with E-state index in [1.54, 1.807) is 30.5 Å². The second kappa shape index (κ2) is 7.92. The standard InChI is InChI=1S/C23H16F4N4O/c1-12-2-3-14(21(32)30-16-5-6-19(24)18(10-16)23(25,26)27)9-17(12)13-4-7-20-15(8-13)11-29-22(28)31-20/h2-11H,1H3,(H,30,32)(H2,28,29,31). The molecular formula is C23H16F4N4O. The molecule has 0 atom stereocenters. The molecule has 0 fully saturated rings. The van der Waals surface area contributed by atoms with E-state index in [1.807, 2.05) is 19.1 Å². The number of rotatable bonds is 3. The SMILES string of the molecule is Cc1ccc(C(=O)Nc2ccc(F)c(C(F)(F)F)c2)cc1-c1ccc2nc(N)ncc2c1. The third-order valence-corrected chi connectivity index (χ3v) is 4.94. The van der Waals surface area contributed by atoms with Crippen molar-refractivity contribution in [3.05, 3.63) is 83.3 Å². The van der Waals surface area contributed by atoms with Crippen LogP contribution in [-0.4, -0.2) is 15.9 Å². The van der Waals surface area contributed by atoms with Gasteiger partial charge in [0, 0.05) is 22.8 Å². The zero-order valence-electron chi connectivity index (χ0n) is 16.7. The first kappa shape index (κ1) is 21.2. The lowest BCUT2D eigenvalue weighted by Gasteiger charge is -2.13. The van der Waals surface area contributed by atoms with Crippen LogP contribution in [0.15, 0.2) is 60.8 Å². The zero-order valence-corrected chi connectivity index (χ0v) is 16.7. The van der Waals surface area contributed by atoms with Crippen LogP contribution in [0.1, 0.15) is 21.5 Å². The van der Waals surface area contributed by atoms with E-state index < -0.39 is 23.5 Å². The number of halogens is 4. The van der Waals surface area contributed by atoms with E-state index in [1.165, 1.54) is 0 Å². The Labute approximate surface area is 179 Å². The van der Waals surface area contributed by atoms with Crippen LogP contribution in [0.2, 0.25) is 0 Å². The molecule has 0 radical (unpaired) electrons. The highest BCUT2D eigenvalue weighted by molar-refractivity contribution is 6.05. The molecule has 0 saturated heterocycles. The molecule has 9 heteroatoms. The molecule has 0 unspecified atom stereocenters. The third kappa shape index (κ3) is 4.22. The van der Waals surface area contributed by atoms with Gasteiger partial charge < -0.3 is 11.1 Å². The van der Waals surface area contributed by atoms with Crippen molar-refractivity contribution in [1.29, 1.82) is 0 Å². The number of nitrogen functional groups attached to an aromatic ring is 1. The van der Waals surface area contributed by atoms with Gasteiger partial charge in [-0.15, -0.1) is 0 Å². The van der Waals surface area contributed by atoms with Crippen molar-refractivity contribution in [1.82, 2.24) is 9.97 Å². The summed E-state index contributed by atoms with van der Waals surface area (Å²) in [6, 6.07) is 12.7. The van der Waals surface area contributed by atoms with Crippen molar-refractivity contribution in [2.75, 3.05) is 11.1 Å². The predicted octanol–water partition coefficient (Wildman–Crippen LogP) is 5.60. The Morgan fingerprint density at radius 2 is 1.81 bits per heavy atom. The number of fused-ring (bicyclic) bond motifs is 1. The Bertz CT molecular complexity index is 1350. The Morgan fingerprint density at radius 3 is 2.56 bits per heavy atom. The summed E-state index contributed by atoms with van der Waals surface area (Å²) < 4.78 is 52.3. The Hall–Kier alpha value is -4.01. The average Bonchev–Trinajstić information content (AvgIpc) is 2.74. The normalized spacial score (nSPS) is 11.5. The number of nitrogens with one attached hydrogen (secondary N) is 1. The van der Waals surface area contributed by atoms with Crippen LogP contribution in [0.3, 0.4) is 0 Å². The minimum atomic E-state index is -4.87. The van der Waals surface area contributed by atoms with Crippen molar-refractivity contribution in [2.45, 2.75) is 13.1 Å². The van der Waals surface area contributed by atoms with Crippen molar-refractivity contribution in [3.63, 3.8) is 0 Å². The summed E-state index contributed by atoms with van der Waals surface area (Å²) in [6.45, 7) is 1.87. The molecule has 5 nitrogen and oxygen atoms in total. The summed E-state index contributed by atoms with van der Waals surface area (Å²) in [4.78, 5) is 20.8. The molecule has 0 saturated carbocycles. The Kier molecular flexibility index (Phi) is 5.25. The van der Waals surface area contributed by atoms with Crippen molar-refractivity contribution < 1.29 is 22.4 Å². The molecule has 32 heavy (non-hydrogen) atoms. The molecule has 3 N–H and O–H groups in total. The van der Waals surface area contributed by atoms with E-state index in [0.29, 0.717) is 17.6 Å². The molecular weight excluding hydrogens is 424 g/mol. The topological polar surface area (TPSA) is 80.9 Å². The lowest BCUT2D eigenvalue weighted by atomic mass is 9.97. The largest absolute Gasteiger partial charge is 0.419 e. The summed E-state index contributed by atoms with van der Waals surface area (Å²) in [5, 5.41) is 3.15. The maximum Gasteiger partial charge on any atom is 0.419 e. The van der Waals surface area contributed by atoms with Crippen LogP contribution in [0.5, 0.6) is 0 Å². The maximum atomic E-state index is 13.5. The fourth-order valence-corrected chi connectivity index (χ4v) is 3.31. The second-order valence-corrected chi connectivity index (χ2v) is 7.18. The molecule has 3 aromatic carbocycles. The van der Waals surface area contributed by atoms with Crippen molar-refractivity contribution in [2.24, 2.45) is 0 Å². The van der Waals surface area contributed by atoms with Crippen LogP contribution in [0.4, 0.5) is 29.2 Å². The van der Waals surface area contributed by atoms with Gasteiger partial charge in [-0.1, -0.05) is 12.1 Å². The first-order valence-corrected chi connectivity index (χ1v) is 9.43. The number of amides is 1. The minimum absolute atomic E-state index is 0.161. The number of aryl methyl sites for hydroxylation is 1. The molecule has 0 bridgehead atoms. The number of nitrogens with zero attached hydrogens (tertiary/aromatic N) is 2. The Morgan fingerprint density at radius 1 is 1.03 bits per heavy atom. The van der Waals surface area contributed by atoms with E-state index in [4.69, 9.17) is 5.73 Å². The lowest BCUT2D eigenvalue weighted by Crippen LogP contribution is -2.14. The smallest absolute Gasteiger partial charge is 0.368 e. The fourth-order valence-electron chi connectivity index (χ4n) is 3.31. The minimum Gasteiger partial charge on any atom is -0.368 e. The summed E-state index contributed by atoms with van der Waals surface area (Å²) in [6.07, 6.45) is -3.27. The zero-order chi connectivity index (χ0) is 23.0. The van der Waals surface area contributed by atoms with E-state index in [0.717, 1.165) is 28.1 Å². The molecule has 0 aliphatic heterocycles. The van der Waals surface area contributed by atoms with Gasteiger partial charge in [-0.05, 0) is 66.1 Å². The maximum absolute atomic E-state index is 13.5. The Balaban J connectivity index is 1.66. The quantitative estimate of drug-likeness (QED) is 0.407. The first-order valence-electron chi connectivity index (χ1n) is 9.43. The van der Waals surface area contributed by atoms with Gasteiger partial charge in [0.25, 0.3) is 5.91 Å². The molecule has 4 rings (SSSR count). The number of alkyl halides is 3. The molecule has 0 spiro atoms. The molecule has 1 heterocycles.